The topological polar surface area (TPSA) is 59.8 Å². The summed E-state index contributed by atoms with van der Waals surface area (Å²) in [4.78, 5) is 13.5. The van der Waals surface area contributed by atoms with E-state index in [-0.39, 0.29) is 17.3 Å². The van der Waals surface area contributed by atoms with Gasteiger partial charge >= 0.3 is 0 Å². The van der Waals surface area contributed by atoms with Gasteiger partial charge in [0.1, 0.15) is 11.6 Å². The Kier molecular flexibility index (Phi) is 5.27. The molecule has 1 aliphatic rings. The van der Waals surface area contributed by atoms with Crippen molar-refractivity contribution in [3.05, 3.63) is 57.8 Å². The highest BCUT2D eigenvalue weighted by molar-refractivity contribution is 7.99. The number of carbonyl (C=O) groups is 1. The van der Waals surface area contributed by atoms with E-state index in [4.69, 9.17) is 0 Å². The number of anilines is 1. The highest BCUT2D eigenvalue weighted by atomic mass is 32.2. The molecule has 0 saturated heterocycles. The second-order valence-electron chi connectivity index (χ2n) is 6.58. The molecule has 0 aliphatic heterocycles. The summed E-state index contributed by atoms with van der Waals surface area (Å²) in [6.07, 6.45) is 2.98. The fourth-order valence-electron chi connectivity index (χ4n) is 2.83. The minimum atomic E-state index is -0.423. The Labute approximate surface area is 165 Å². The van der Waals surface area contributed by atoms with Crippen LogP contribution in [0.1, 0.15) is 35.1 Å². The van der Waals surface area contributed by atoms with Crippen molar-refractivity contribution in [3.63, 3.8) is 0 Å². The molecule has 2 aromatic heterocycles. The summed E-state index contributed by atoms with van der Waals surface area (Å²) >= 11 is 3.05. The Balaban J connectivity index is 1.42. The van der Waals surface area contributed by atoms with Crippen molar-refractivity contribution >= 4 is 34.7 Å². The van der Waals surface area contributed by atoms with Gasteiger partial charge in [0.05, 0.1) is 11.4 Å². The molecule has 5 nitrogen and oxygen atoms in total. The minimum Gasteiger partial charge on any atom is -0.323 e. The van der Waals surface area contributed by atoms with Crippen molar-refractivity contribution in [2.75, 3.05) is 11.1 Å². The molecule has 0 radical (unpaired) electrons. The Morgan fingerprint density at radius 1 is 1.37 bits per heavy atom. The number of carbonyl (C=O) groups excluding carboxylic acids is 1. The SMILES string of the molecule is Cc1ccc(NC(=O)CSc2nnc(Cc3cccs3)n2C2CC2)c(F)c1. The first-order valence-electron chi connectivity index (χ1n) is 8.75. The number of nitrogens with one attached hydrogen (secondary N) is 1. The lowest BCUT2D eigenvalue weighted by molar-refractivity contribution is -0.113. The summed E-state index contributed by atoms with van der Waals surface area (Å²) in [7, 11) is 0. The number of benzene rings is 1. The van der Waals surface area contributed by atoms with Crippen LogP contribution in [0.15, 0.2) is 40.9 Å². The van der Waals surface area contributed by atoms with Gasteiger partial charge in [-0.25, -0.2) is 4.39 Å². The number of nitrogens with zero attached hydrogens (tertiary/aromatic N) is 3. The molecule has 140 valence electrons. The molecule has 4 rings (SSSR count). The van der Waals surface area contributed by atoms with Crippen molar-refractivity contribution in [1.29, 1.82) is 0 Å². The van der Waals surface area contributed by atoms with E-state index in [1.165, 1.54) is 22.7 Å². The third-order valence-electron chi connectivity index (χ3n) is 4.29. The zero-order chi connectivity index (χ0) is 18.8. The molecule has 2 heterocycles. The van der Waals surface area contributed by atoms with E-state index in [0.29, 0.717) is 6.04 Å². The third kappa shape index (κ3) is 4.39. The molecule has 1 fully saturated rings. The van der Waals surface area contributed by atoms with Crippen molar-refractivity contribution in [2.45, 2.75) is 37.4 Å². The number of thiophene rings is 1. The number of aryl methyl sites for hydroxylation is 1. The smallest absolute Gasteiger partial charge is 0.234 e. The van der Waals surface area contributed by atoms with Gasteiger partial charge in [-0.15, -0.1) is 21.5 Å². The zero-order valence-electron chi connectivity index (χ0n) is 14.8. The van der Waals surface area contributed by atoms with E-state index in [1.807, 2.05) is 13.0 Å². The van der Waals surface area contributed by atoms with Gasteiger partial charge in [0.25, 0.3) is 0 Å². The van der Waals surface area contributed by atoms with Crippen molar-refractivity contribution in [2.24, 2.45) is 0 Å². The van der Waals surface area contributed by atoms with E-state index in [2.05, 4.69) is 31.5 Å². The Morgan fingerprint density at radius 2 is 2.22 bits per heavy atom. The fraction of sp³-hybridized carbons (Fsp3) is 0.316. The first-order chi connectivity index (χ1) is 13.1. The van der Waals surface area contributed by atoms with Crippen molar-refractivity contribution in [3.8, 4) is 0 Å². The van der Waals surface area contributed by atoms with Gasteiger partial charge in [0, 0.05) is 17.3 Å². The van der Waals surface area contributed by atoms with Crippen LogP contribution in [0.5, 0.6) is 0 Å². The van der Waals surface area contributed by atoms with E-state index in [1.54, 1.807) is 23.5 Å². The van der Waals surface area contributed by atoms with Crippen LogP contribution in [0.3, 0.4) is 0 Å². The maximum absolute atomic E-state index is 13.9. The number of amides is 1. The monoisotopic (exact) mass is 402 g/mol. The maximum Gasteiger partial charge on any atom is 0.234 e. The second-order valence-corrected chi connectivity index (χ2v) is 8.55. The van der Waals surface area contributed by atoms with E-state index in [0.717, 1.165) is 35.8 Å². The Hall–Kier alpha value is -2.19. The van der Waals surface area contributed by atoms with Crippen LogP contribution in [0.25, 0.3) is 0 Å². The number of halogens is 1. The highest BCUT2D eigenvalue weighted by Crippen LogP contribution is 2.39. The van der Waals surface area contributed by atoms with Crippen LogP contribution < -0.4 is 5.32 Å². The van der Waals surface area contributed by atoms with Crippen molar-refractivity contribution in [1.82, 2.24) is 14.8 Å². The molecule has 0 spiro atoms. The van der Waals surface area contributed by atoms with E-state index in [9.17, 15) is 9.18 Å². The fourth-order valence-corrected chi connectivity index (χ4v) is 4.36. The minimum absolute atomic E-state index is 0.164. The number of thioether (sulfide) groups is 1. The lowest BCUT2D eigenvalue weighted by Gasteiger charge is -2.09. The van der Waals surface area contributed by atoms with Crippen LogP contribution in [-0.4, -0.2) is 26.4 Å². The van der Waals surface area contributed by atoms with Gasteiger partial charge in [-0.1, -0.05) is 23.9 Å². The molecule has 1 aromatic carbocycles. The van der Waals surface area contributed by atoms with Crippen molar-refractivity contribution < 1.29 is 9.18 Å². The molecule has 0 atom stereocenters. The Morgan fingerprint density at radius 3 is 2.93 bits per heavy atom. The zero-order valence-corrected chi connectivity index (χ0v) is 16.4. The number of aromatic nitrogens is 3. The third-order valence-corrected chi connectivity index (χ3v) is 6.11. The van der Waals surface area contributed by atoms with Crippen LogP contribution >= 0.6 is 23.1 Å². The van der Waals surface area contributed by atoms with Gasteiger partial charge in [-0.3, -0.25) is 4.79 Å². The van der Waals surface area contributed by atoms with Gasteiger partial charge in [-0.2, -0.15) is 0 Å². The first kappa shape index (κ1) is 18.2. The number of hydrogen-bond donors (Lipinski definition) is 1. The van der Waals surface area contributed by atoms with Gasteiger partial charge in [-0.05, 0) is 48.9 Å². The average molecular weight is 403 g/mol. The first-order valence-corrected chi connectivity index (χ1v) is 10.6. The van der Waals surface area contributed by atoms with Crippen LogP contribution in [0.4, 0.5) is 10.1 Å². The van der Waals surface area contributed by atoms with Crippen LogP contribution in [0, 0.1) is 12.7 Å². The van der Waals surface area contributed by atoms with Gasteiger partial charge in [0.15, 0.2) is 5.16 Å². The summed E-state index contributed by atoms with van der Waals surface area (Å²) in [5, 5.41) is 14.1. The maximum atomic E-state index is 13.9. The van der Waals surface area contributed by atoms with Crippen LogP contribution in [-0.2, 0) is 11.2 Å². The predicted octanol–water partition coefficient (Wildman–Crippen LogP) is 4.44. The van der Waals surface area contributed by atoms with Gasteiger partial charge in [0.2, 0.25) is 5.91 Å². The molecule has 0 bridgehead atoms. The Bertz CT molecular complexity index is 951. The van der Waals surface area contributed by atoms with E-state index >= 15 is 0 Å². The molecular weight excluding hydrogens is 383 g/mol. The molecule has 1 amide bonds. The molecule has 1 aliphatic carbocycles. The summed E-state index contributed by atoms with van der Waals surface area (Å²) in [5.74, 6) is 0.421. The quantitative estimate of drug-likeness (QED) is 0.594. The lowest BCUT2D eigenvalue weighted by atomic mass is 10.2. The molecule has 8 heteroatoms. The van der Waals surface area contributed by atoms with E-state index < -0.39 is 5.82 Å². The summed E-state index contributed by atoms with van der Waals surface area (Å²) < 4.78 is 16.0. The summed E-state index contributed by atoms with van der Waals surface area (Å²) in [5.41, 5.74) is 1.02. The summed E-state index contributed by atoms with van der Waals surface area (Å²) in [6.45, 7) is 1.81. The number of rotatable bonds is 7. The average Bonchev–Trinajstić information content (AvgIpc) is 3.19. The molecule has 1 saturated carbocycles. The molecular formula is C19H19FN4OS2. The largest absolute Gasteiger partial charge is 0.323 e. The molecule has 27 heavy (non-hydrogen) atoms. The predicted molar refractivity (Wildman–Crippen MR) is 106 cm³/mol. The highest BCUT2D eigenvalue weighted by Gasteiger charge is 2.30. The normalized spacial score (nSPS) is 13.7. The molecule has 0 unspecified atom stereocenters. The lowest BCUT2D eigenvalue weighted by Crippen LogP contribution is -2.15. The standard InChI is InChI=1S/C19H19FN4OS2/c1-12-4-7-16(15(20)9-12)21-18(25)11-27-19-23-22-17(24(19)13-5-6-13)10-14-3-2-8-26-14/h2-4,7-9,13H,5-6,10-11H2,1H3,(H,21,25). The summed E-state index contributed by atoms with van der Waals surface area (Å²) in [6, 6.07) is 9.30. The molecule has 3 aromatic rings. The van der Waals surface area contributed by atoms with Gasteiger partial charge < -0.3 is 9.88 Å². The molecule has 1 N–H and O–H groups in total. The second kappa shape index (κ2) is 7.82. The number of hydrogen-bond acceptors (Lipinski definition) is 5. The van der Waals surface area contributed by atoms with Crippen LogP contribution in [0.2, 0.25) is 0 Å².